The van der Waals surface area contributed by atoms with E-state index in [2.05, 4.69) is 9.73 Å². The lowest BCUT2D eigenvalue weighted by Crippen LogP contribution is -2.23. The number of likely N-dealkylation sites (N-methyl/N-ethyl adjacent to an activating group) is 1. The Morgan fingerprint density at radius 3 is 2.64 bits per heavy atom. The van der Waals surface area contributed by atoms with Crippen LogP contribution >= 0.6 is 11.8 Å². The smallest absolute Gasteiger partial charge is 0.343 e. The Labute approximate surface area is 194 Å². The van der Waals surface area contributed by atoms with Gasteiger partial charge >= 0.3 is 5.97 Å². The Morgan fingerprint density at radius 2 is 1.94 bits per heavy atom. The summed E-state index contributed by atoms with van der Waals surface area (Å²) >= 11 is 1.16. The van der Waals surface area contributed by atoms with Gasteiger partial charge in [0.1, 0.15) is 0 Å². The number of methoxy groups -OCH3 is 1. The quantitative estimate of drug-likeness (QED) is 0.427. The molecule has 1 fully saturated rings. The summed E-state index contributed by atoms with van der Waals surface area (Å²) < 4.78 is 15.6. The molecule has 0 aromatic heterocycles. The molecule has 0 atom stereocenters. The van der Waals surface area contributed by atoms with Crippen molar-refractivity contribution in [2.75, 3.05) is 27.4 Å². The van der Waals surface area contributed by atoms with Crippen LogP contribution in [0.25, 0.3) is 6.08 Å². The highest BCUT2D eigenvalue weighted by Crippen LogP contribution is 2.35. The maximum absolute atomic E-state index is 12.7. The number of esters is 1. The van der Waals surface area contributed by atoms with Crippen LogP contribution in [0.3, 0.4) is 0 Å². The number of nitrogens with zero attached hydrogens (tertiary/aromatic N) is 2. The molecule has 2 aromatic rings. The van der Waals surface area contributed by atoms with Crippen LogP contribution in [-0.4, -0.2) is 55.3 Å². The molecule has 3 rings (SSSR count). The summed E-state index contributed by atoms with van der Waals surface area (Å²) in [5.74, 6) is -1.27. The van der Waals surface area contributed by atoms with Gasteiger partial charge < -0.3 is 24.1 Å². The number of aliphatic imine (C=N–C) groups is 1. The van der Waals surface area contributed by atoms with Crippen LogP contribution < -0.4 is 14.6 Å². The molecule has 1 aliphatic heterocycles. The van der Waals surface area contributed by atoms with E-state index in [1.54, 1.807) is 43.5 Å². The maximum Gasteiger partial charge on any atom is 0.343 e. The Bertz CT molecular complexity index is 1140. The van der Waals surface area contributed by atoms with Crippen molar-refractivity contribution in [1.82, 2.24) is 4.90 Å². The number of rotatable bonds is 8. The Kier molecular flexibility index (Phi) is 7.73. The molecule has 0 aliphatic carbocycles. The van der Waals surface area contributed by atoms with Crippen molar-refractivity contribution in [3.05, 3.63) is 58.5 Å². The molecule has 0 spiro atoms. The number of aromatic carboxylic acids is 1. The van der Waals surface area contributed by atoms with Crippen LogP contribution in [0.15, 0.2) is 52.4 Å². The van der Waals surface area contributed by atoms with Gasteiger partial charge in [0.05, 0.1) is 30.3 Å². The van der Waals surface area contributed by atoms with Crippen LogP contribution in [0.4, 0.5) is 5.69 Å². The van der Waals surface area contributed by atoms with E-state index in [0.717, 1.165) is 11.8 Å². The van der Waals surface area contributed by atoms with Gasteiger partial charge in [-0.2, -0.15) is 0 Å². The fourth-order valence-electron chi connectivity index (χ4n) is 2.81. The normalized spacial score (nSPS) is 15.7. The third-order valence-electron chi connectivity index (χ3n) is 4.45. The number of amides is 1. The lowest BCUT2D eigenvalue weighted by molar-refractivity contribution is -0.255. The Hall–Kier alpha value is -3.79. The third kappa shape index (κ3) is 5.92. The molecular weight excluding hydrogens is 448 g/mol. The minimum Gasteiger partial charge on any atom is -0.545 e. The van der Waals surface area contributed by atoms with Crippen molar-refractivity contribution >= 4 is 46.5 Å². The number of carbonyl (C=O) groups is 3. The van der Waals surface area contributed by atoms with Gasteiger partial charge in [-0.3, -0.25) is 9.69 Å². The SMILES string of the molecule is CCOc1cc(/C=C2\SC(=Nc3cccc(C(=O)[O-])c3)N(C)C2=O)ccc1OCC(=O)OC. The lowest BCUT2D eigenvalue weighted by Gasteiger charge is -2.12. The highest BCUT2D eigenvalue weighted by atomic mass is 32.2. The molecule has 1 saturated heterocycles. The Morgan fingerprint density at radius 1 is 1.15 bits per heavy atom. The molecular formula is C23H21N2O7S-. The molecule has 1 heterocycles. The first-order valence-corrected chi connectivity index (χ1v) is 10.7. The van der Waals surface area contributed by atoms with E-state index in [4.69, 9.17) is 9.47 Å². The minimum atomic E-state index is -1.30. The van der Waals surface area contributed by atoms with Gasteiger partial charge in [-0.1, -0.05) is 18.2 Å². The van der Waals surface area contributed by atoms with Crippen LogP contribution in [-0.2, 0) is 14.3 Å². The number of benzene rings is 2. The lowest BCUT2D eigenvalue weighted by atomic mass is 10.2. The van der Waals surface area contributed by atoms with Crippen molar-refractivity contribution < 1.29 is 33.7 Å². The molecule has 172 valence electrons. The summed E-state index contributed by atoms with van der Waals surface area (Å²) in [6, 6.07) is 11.1. The summed E-state index contributed by atoms with van der Waals surface area (Å²) in [5, 5.41) is 11.5. The summed E-state index contributed by atoms with van der Waals surface area (Å²) in [5.41, 5.74) is 1.08. The largest absolute Gasteiger partial charge is 0.545 e. The molecule has 1 amide bonds. The molecule has 0 N–H and O–H groups in total. The van der Waals surface area contributed by atoms with Gasteiger partial charge in [-0.25, -0.2) is 9.79 Å². The highest BCUT2D eigenvalue weighted by molar-refractivity contribution is 8.18. The first-order chi connectivity index (χ1) is 15.8. The van der Waals surface area contributed by atoms with E-state index in [1.807, 2.05) is 6.92 Å². The van der Waals surface area contributed by atoms with Gasteiger partial charge in [0.25, 0.3) is 5.91 Å². The summed E-state index contributed by atoms with van der Waals surface area (Å²) in [6.45, 7) is 1.94. The summed E-state index contributed by atoms with van der Waals surface area (Å²) in [4.78, 5) is 41.3. The number of carboxylic acids is 1. The summed E-state index contributed by atoms with van der Waals surface area (Å²) in [7, 11) is 2.86. The third-order valence-corrected chi connectivity index (χ3v) is 5.51. The number of carboxylic acid groups (broad SMARTS) is 1. The van der Waals surface area contributed by atoms with Crippen molar-refractivity contribution in [1.29, 1.82) is 0 Å². The maximum atomic E-state index is 12.7. The van der Waals surface area contributed by atoms with E-state index in [0.29, 0.717) is 39.4 Å². The molecule has 0 unspecified atom stereocenters. The molecule has 0 bridgehead atoms. The molecule has 33 heavy (non-hydrogen) atoms. The van der Waals surface area contributed by atoms with Crippen molar-refractivity contribution in [3.8, 4) is 11.5 Å². The second-order valence-corrected chi connectivity index (χ2v) is 7.72. The van der Waals surface area contributed by atoms with E-state index in [9.17, 15) is 19.5 Å². The summed E-state index contributed by atoms with van der Waals surface area (Å²) in [6.07, 6.45) is 1.69. The monoisotopic (exact) mass is 469 g/mol. The minimum absolute atomic E-state index is 0.00236. The molecule has 10 heteroatoms. The zero-order chi connectivity index (χ0) is 24.0. The van der Waals surface area contributed by atoms with E-state index in [1.165, 1.54) is 24.1 Å². The number of hydrogen-bond acceptors (Lipinski definition) is 9. The van der Waals surface area contributed by atoms with Gasteiger partial charge in [-0.15, -0.1) is 0 Å². The van der Waals surface area contributed by atoms with Gasteiger partial charge in [0, 0.05) is 7.05 Å². The number of amidine groups is 1. The Balaban J connectivity index is 1.85. The van der Waals surface area contributed by atoms with Crippen LogP contribution in [0.1, 0.15) is 22.8 Å². The van der Waals surface area contributed by atoms with Crippen molar-refractivity contribution in [3.63, 3.8) is 0 Å². The zero-order valence-electron chi connectivity index (χ0n) is 18.2. The van der Waals surface area contributed by atoms with E-state index in [-0.39, 0.29) is 18.1 Å². The van der Waals surface area contributed by atoms with Crippen LogP contribution in [0, 0.1) is 0 Å². The second kappa shape index (κ2) is 10.7. The average Bonchev–Trinajstić information content (AvgIpc) is 3.06. The van der Waals surface area contributed by atoms with Gasteiger partial charge in [0.15, 0.2) is 23.3 Å². The van der Waals surface area contributed by atoms with E-state index >= 15 is 0 Å². The van der Waals surface area contributed by atoms with E-state index < -0.39 is 11.9 Å². The number of ether oxygens (including phenoxy) is 3. The molecule has 0 radical (unpaired) electrons. The van der Waals surface area contributed by atoms with Crippen LogP contribution in [0.2, 0.25) is 0 Å². The topological polar surface area (TPSA) is 118 Å². The molecule has 9 nitrogen and oxygen atoms in total. The fraction of sp³-hybridized carbons (Fsp3) is 0.217. The first kappa shape index (κ1) is 23.9. The van der Waals surface area contributed by atoms with Gasteiger partial charge in [0.2, 0.25) is 0 Å². The number of hydrogen-bond donors (Lipinski definition) is 0. The standard InChI is InChI=1S/C23H22N2O7S/c1-4-31-18-10-14(8-9-17(18)32-13-20(26)30-3)11-19-21(27)25(2)23(33-19)24-16-7-5-6-15(12-16)22(28)29/h5-12H,4,13H2,1-3H3,(H,28,29)/p-1/b19-11-,24-23?. The van der Waals surface area contributed by atoms with Crippen LogP contribution in [0.5, 0.6) is 11.5 Å². The predicted octanol–water partition coefficient (Wildman–Crippen LogP) is 2.23. The first-order valence-electron chi connectivity index (χ1n) is 9.86. The highest BCUT2D eigenvalue weighted by Gasteiger charge is 2.30. The molecule has 1 aliphatic rings. The second-order valence-electron chi connectivity index (χ2n) is 6.71. The zero-order valence-corrected chi connectivity index (χ0v) is 19.0. The molecule has 0 saturated carbocycles. The number of thioether (sulfide) groups is 1. The number of carbonyl (C=O) groups excluding carboxylic acids is 3. The fourth-order valence-corrected chi connectivity index (χ4v) is 3.80. The van der Waals surface area contributed by atoms with Crippen molar-refractivity contribution in [2.24, 2.45) is 4.99 Å². The van der Waals surface area contributed by atoms with Crippen molar-refractivity contribution in [2.45, 2.75) is 6.92 Å². The predicted molar refractivity (Wildman–Crippen MR) is 121 cm³/mol. The average molecular weight is 469 g/mol. The van der Waals surface area contributed by atoms with Gasteiger partial charge in [-0.05, 0) is 60.2 Å². The molecule has 2 aromatic carbocycles.